The topological polar surface area (TPSA) is 58.6 Å². The highest BCUT2D eigenvalue weighted by molar-refractivity contribution is 7.99. The van der Waals surface area contributed by atoms with E-state index < -0.39 is 0 Å². The third-order valence-corrected chi connectivity index (χ3v) is 5.45. The van der Waals surface area contributed by atoms with Gasteiger partial charge in [-0.15, -0.1) is 11.8 Å². The average Bonchev–Trinajstić information content (AvgIpc) is 2.80. The summed E-state index contributed by atoms with van der Waals surface area (Å²) in [6.45, 7) is 3.87. The van der Waals surface area contributed by atoms with Crippen molar-refractivity contribution in [2.24, 2.45) is 0 Å². The van der Waals surface area contributed by atoms with Crippen molar-refractivity contribution in [1.29, 1.82) is 0 Å². The Kier molecular flexibility index (Phi) is 24.0. The first-order valence-electron chi connectivity index (χ1n) is 12.5. The number of hydrogen-bond donors (Lipinski definition) is 1. The fourth-order valence-electron chi connectivity index (χ4n) is 2.64. The number of thioether (sulfide) groups is 1. The molecule has 0 spiro atoms. The number of unbranched alkanes of at least 4 members (excludes halogenated alkanes) is 1. The van der Waals surface area contributed by atoms with Crippen molar-refractivity contribution in [2.45, 2.75) is 58.3 Å². The second kappa shape index (κ2) is 25.6. The standard InChI is InChI=1S/C28H46N2O3S/c1-4-5-6-7-8-9-10-11-12-13-14-15-16-17-18-19-20-21-27(31)29-22-25-34-26-28(32)33-24-23-30(2)3/h5-6,8-9,11-12,14-15,17-18H,4,7,10,13,16,19-26H2,1-3H3,(H,29,31)/b6-5-,9-8-,12-11-,15-14-,18-17-. The Morgan fingerprint density at radius 2 is 1.41 bits per heavy atom. The number of nitrogens with one attached hydrogen (secondary N) is 1. The molecule has 0 aliphatic carbocycles. The Hall–Kier alpha value is -2.05. The Morgan fingerprint density at radius 1 is 0.853 bits per heavy atom. The average molecular weight is 491 g/mol. The number of amides is 1. The molecule has 1 amide bonds. The molecule has 0 aromatic rings. The summed E-state index contributed by atoms with van der Waals surface area (Å²) in [4.78, 5) is 25.3. The van der Waals surface area contributed by atoms with Crippen molar-refractivity contribution in [2.75, 3.05) is 45.3 Å². The molecule has 0 aromatic carbocycles. The zero-order valence-electron chi connectivity index (χ0n) is 21.5. The summed E-state index contributed by atoms with van der Waals surface area (Å²) in [5, 5.41) is 2.90. The van der Waals surface area contributed by atoms with E-state index >= 15 is 0 Å². The molecule has 0 unspecified atom stereocenters. The van der Waals surface area contributed by atoms with E-state index in [1.165, 1.54) is 11.8 Å². The van der Waals surface area contributed by atoms with Crippen molar-refractivity contribution in [3.8, 4) is 0 Å². The summed E-state index contributed by atoms with van der Waals surface area (Å²) >= 11 is 1.48. The number of nitrogens with zero attached hydrogens (tertiary/aromatic N) is 1. The molecule has 0 aromatic heterocycles. The molecule has 0 bridgehead atoms. The second-order valence-electron chi connectivity index (χ2n) is 8.03. The minimum Gasteiger partial charge on any atom is -0.464 e. The summed E-state index contributed by atoms with van der Waals surface area (Å²) in [7, 11) is 3.88. The first-order chi connectivity index (χ1) is 16.6. The van der Waals surface area contributed by atoms with Crippen LogP contribution in [0, 0.1) is 0 Å². The van der Waals surface area contributed by atoms with Gasteiger partial charge in [-0.2, -0.15) is 0 Å². The molecule has 1 N–H and O–H groups in total. The van der Waals surface area contributed by atoms with Crippen LogP contribution in [0.3, 0.4) is 0 Å². The third-order valence-electron chi connectivity index (χ3n) is 4.52. The normalized spacial score (nSPS) is 12.4. The molecule has 0 heterocycles. The number of likely N-dealkylation sites (N-methyl/N-ethyl adjacent to an activating group) is 1. The molecule has 0 rings (SSSR count). The van der Waals surface area contributed by atoms with Gasteiger partial charge in [0.25, 0.3) is 0 Å². The first kappa shape index (κ1) is 31.9. The maximum absolute atomic E-state index is 11.8. The molecule has 34 heavy (non-hydrogen) atoms. The molecular formula is C28H46N2O3S. The molecule has 5 nitrogen and oxygen atoms in total. The van der Waals surface area contributed by atoms with Crippen LogP contribution in [0.5, 0.6) is 0 Å². The SMILES string of the molecule is CC/C=C\C/C=C\C/C=C\C/C=C\C/C=C\CCCC(=O)NCCSCC(=O)OCCN(C)C. The van der Waals surface area contributed by atoms with Crippen LogP contribution in [0.15, 0.2) is 60.8 Å². The Balaban J connectivity index is 3.53. The molecule has 0 radical (unpaired) electrons. The lowest BCUT2D eigenvalue weighted by Crippen LogP contribution is -2.25. The van der Waals surface area contributed by atoms with Crippen LogP contribution in [0.25, 0.3) is 0 Å². The molecule has 0 fully saturated rings. The van der Waals surface area contributed by atoms with Gasteiger partial charge in [0, 0.05) is 25.3 Å². The second-order valence-corrected chi connectivity index (χ2v) is 9.13. The summed E-state index contributed by atoms with van der Waals surface area (Å²) < 4.78 is 5.12. The van der Waals surface area contributed by atoms with Crippen molar-refractivity contribution >= 4 is 23.6 Å². The summed E-state index contributed by atoms with van der Waals surface area (Å²) in [6.07, 6.45) is 29.2. The van der Waals surface area contributed by atoms with Gasteiger partial charge in [-0.3, -0.25) is 9.59 Å². The Labute approximate surface area is 212 Å². The van der Waals surface area contributed by atoms with Gasteiger partial charge in [-0.25, -0.2) is 0 Å². The molecule has 0 aliphatic heterocycles. The maximum Gasteiger partial charge on any atom is 0.315 e. The molecule has 0 saturated carbocycles. The fraction of sp³-hybridized carbons (Fsp3) is 0.571. The lowest BCUT2D eigenvalue weighted by molar-refractivity contribution is -0.140. The monoisotopic (exact) mass is 490 g/mol. The van der Waals surface area contributed by atoms with Crippen LogP contribution in [0.2, 0.25) is 0 Å². The zero-order chi connectivity index (χ0) is 25.1. The van der Waals surface area contributed by atoms with Gasteiger partial charge in [0.05, 0.1) is 5.75 Å². The smallest absolute Gasteiger partial charge is 0.315 e. The van der Waals surface area contributed by atoms with Gasteiger partial charge in [0.2, 0.25) is 5.91 Å². The van der Waals surface area contributed by atoms with Crippen molar-refractivity contribution < 1.29 is 14.3 Å². The van der Waals surface area contributed by atoms with Crippen LogP contribution in [0.1, 0.15) is 58.3 Å². The molecule has 192 valence electrons. The lowest BCUT2D eigenvalue weighted by atomic mass is 10.2. The molecule has 0 aliphatic rings. The van der Waals surface area contributed by atoms with Gasteiger partial charge < -0.3 is 15.0 Å². The highest BCUT2D eigenvalue weighted by atomic mass is 32.2. The van der Waals surface area contributed by atoms with E-state index in [0.29, 0.717) is 31.1 Å². The van der Waals surface area contributed by atoms with Crippen molar-refractivity contribution in [1.82, 2.24) is 10.2 Å². The van der Waals surface area contributed by atoms with E-state index in [1.807, 2.05) is 19.0 Å². The van der Waals surface area contributed by atoms with Gasteiger partial charge in [-0.1, -0.05) is 67.7 Å². The van der Waals surface area contributed by atoms with Crippen LogP contribution in [-0.2, 0) is 14.3 Å². The minimum absolute atomic E-state index is 0.0708. The van der Waals surface area contributed by atoms with Gasteiger partial charge in [0.1, 0.15) is 6.61 Å². The number of carbonyl (C=O) groups is 2. The Bertz CT molecular complexity index is 652. The number of esters is 1. The summed E-state index contributed by atoms with van der Waals surface area (Å²) in [5.41, 5.74) is 0. The van der Waals surface area contributed by atoms with Crippen LogP contribution < -0.4 is 5.32 Å². The molecule has 6 heteroatoms. The first-order valence-corrected chi connectivity index (χ1v) is 13.6. The van der Waals surface area contributed by atoms with Crippen molar-refractivity contribution in [3.63, 3.8) is 0 Å². The predicted molar refractivity (Wildman–Crippen MR) is 148 cm³/mol. The van der Waals surface area contributed by atoms with Gasteiger partial charge in [-0.05, 0) is 59.0 Å². The van der Waals surface area contributed by atoms with Crippen LogP contribution in [-0.4, -0.2) is 62.1 Å². The number of rotatable bonds is 21. The summed E-state index contributed by atoms with van der Waals surface area (Å²) in [5.74, 6) is 0.910. The van der Waals surface area contributed by atoms with Crippen molar-refractivity contribution in [3.05, 3.63) is 60.8 Å². The van der Waals surface area contributed by atoms with Gasteiger partial charge >= 0.3 is 5.97 Å². The van der Waals surface area contributed by atoms with E-state index in [4.69, 9.17) is 4.74 Å². The number of carbonyl (C=O) groups excluding carboxylic acids is 2. The quantitative estimate of drug-likeness (QED) is 0.124. The maximum atomic E-state index is 11.8. The highest BCUT2D eigenvalue weighted by Gasteiger charge is 2.04. The lowest BCUT2D eigenvalue weighted by Gasteiger charge is -2.09. The number of allylic oxidation sites excluding steroid dienone is 10. The zero-order valence-corrected chi connectivity index (χ0v) is 22.4. The van der Waals surface area contributed by atoms with E-state index in [0.717, 1.165) is 51.5 Å². The van der Waals surface area contributed by atoms with E-state index in [9.17, 15) is 9.59 Å². The van der Waals surface area contributed by atoms with Crippen LogP contribution >= 0.6 is 11.8 Å². The third kappa shape index (κ3) is 26.2. The van der Waals surface area contributed by atoms with E-state index in [2.05, 4.69) is 73.0 Å². The number of hydrogen-bond acceptors (Lipinski definition) is 5. The summed E-state index contributed by atoms with van der Waals surface area (Å²) in [6, 6.07) is 0. The highest BCUT2D eigenvalue weighted by Crippen LogP contribution is 2.02. The molecular weight excluding hydrogens is 444 g/mol. The van der Waals surface area contributed by atoms with E-state index in [1.54, 1.807) is 0 Å². The van der Waals surface area contributed by atoms with Gasteiger partial charge in [0.15, 0.2) is 0 Å². The number of ether oxygens (including phenoxy) is 1. The molecule has 0 saturated heterocycles. The largest absolute Gasteiger partial charge is 0.464 e. The fourth-order valence-corrected chi connectivity index (χ4v) is 3.28. The minimum atomic E-state index is -0.199. The Morgan fingerprint density at radius 3 is 1.97 bits per heavy atom. The molecule has 0 atom stereocenters. The predicted octanol–water partition coefficient (Wildman–Crippen LogP) is 5.86. The van der Waals surface area contributed by atoms with Crippen LogP contribution in [0.4, 0.5) is 0 Å². The van der Waals surface area contributed by atoms with E-state index in [-0.39, 0.29) is 11.9 Å².